The summed E-state index contributed by atoms with van der Waals surface area (Å²) >= 11 is 0. The van der Waals surface area contributed by atoms with Gasteiger partial charge in [-0.2, -0.15) is 0 Å². The van der Waals surface area contributed by atoms with E-state index in [1.165, 1.54) is 12.0 Å². The van der Waals surface area contributed by atoms with E-state index in [1.807, 2.05) is 18.2 Å². The monoisotopic (exact) mass is 316 g/mol. The molecule has 0 aromatic heterocycles. The van der Waals surface area contributed by atoms with Crippen LogP contribution in [0.25, 0.3) is 0 Å². The van der Waals surface area contributed by atoms with E-state index in [4.69, 9.17) is 14.2 Å². The minimum Gasteiger partial charge on any atom is -0.376 e. The second kappa shape index (κ2) is 7.61. The Morgan fingerprint density at radius 2 is 2.09 bits per heavy atom. The van der Waals surface area contributed by atoms with Gasteiger partial charge in [0.25, 0.3) is 0 Å². The first-order valence-corrected chi connectivity index (χ1v) is 8.81. The van der Waals surface area contributed by atoms with Crippen molar-refractivity contribution in [1.29, 1.82) is 0 Å². The normalized spacial score (nSPS) is 32.1. The first kappa shape index (κ1) is 16.7. The molecule has 4 atom stereocenters. The molecule has 2 aliphatic rings. The van der Waals surface area contributed by atoms with E-state index in [1.54, 1.807) is 0 Å². The highest BCUT2D eigenvalue weighted by atomic mass is 16.7. The van der Waals surface area contributed by atoms with Crippen LogP contribution in [0.3, 0.4) is 0 Å². The summed E-state index contributed by atoms with van der Waals surface area (Å²) in [5.41, 5.74) is 1.21. The van der Waals surface area contributed by atoms with Crippen molar-refractivity contribution in [3.05, 3.63) is 48.0 Å². The highest BCUT2D eigenvalue weighted by molar-refractivity contribution is 5.13. The molecule has 0 aliphatic carbocycles. The molecule has 1 saturated heterocycles. The molecular formula is C20H28O3. The second-order valence-corrected chi connectivity index (χ2v) is 6.90. The maximum absolute atomic E-state index is 6.40. The van der Waals surface area contributed by atoms with Gasteiger partial charge in [0.15, 0.2) is 5.79 Å². The maximum Gasteiger partial charge on any atom is 0.188 e. The van der Waals surface area contributed by atoms with Crippen LogP contribution in [0.15, 0.2) is 42.5 Å². The summed E-state index contributed by atoms with van der Waals surface area (Å²) in [5, 5.41) is 0. The highest BCUT2D eigenvalue weighted by Crippen LogP contribution is 2.37. The quantitative estimate of drug-likeness (QED) is 0.757. The van der Waals surface area contributed by atoms with Gasteiger partial charge >= 0.3 is 0 Å². The zero-order chi connectivity index (χ0) is 16.1. The molecule has 1 aromatic carbocycles. The smallest absolute Gasteiger partial charge is 0.188 e. The lowest BCUT2D eigenvalue weighted by molar-refractivity contribution is -0.267. The molecule has 1 fully saturated rings. The van der Waals surface area contributed by atoms with Crippen LogP contribution in [0, 0.1) is 11.8 Å². The molecule has 23 heavy (non-hydrogen) atoms. The molecule has 1 aromatic rings. The van der Waals surface area contributed by atoms with Gasteiger partial charge in [0, 0.05) is 18.3 Å². The number of ether oxygens (including phenoxy) is 3. The molecule has 3 nitrogen and oxygen atoms in total. The van der Waals surface area contributed by atoms with E-state index in [9.17, 15) is 0 Å². The maximum atomic E-state index is 6.40. The van der Waals surface area contributed by atoms with Crippen molar-refractivity contribution in [3.8, 4) is 0 Å². The average molecular weight is 316 g/mol. The molecule has 0 N–H and O–H groups in total. The predicted molar refractivity (Wildman–Crippen MR) is 91.0 cm³/mol. The minimum atomic E-state index is -0.483. The second-order valence-electron chi connectivity index (χ2n) is 6.90. The van der Waals surface area contributed by atoms with Gasteiger partial charge in [0.2, 0.25) is 0 Å². The Morgan fingerprint density at radius 3 is 2.83 bits per heavy atom. The third-order valence-corrected chi connectivity index (χ3v) is 4.83. The zero-order valence-electron chi connectivity index (χ0n) is 14.2. The third-order valence-electron chi connectivity index (χ3n) is 4.83. The molecule has 0 amide bonds. The van der Waals surface area contributed by atoms with Crippen molar-refractivity contribution >= 4 is 0 Å². The standard InChI is InChI=1S/C20H28O3/c1-16-10-12-20(11-6-7-13-22-20)23-19(16)17(2)14-21-15-18-8-4-3-5-9-18/h3-5,8-10,12,16-17,19H,6-7,11,13-15H2,1-2H3/t16-,17+,19+,20+/m1/s1. The first-order valence-electron chi connectivity index (χ1n) is 8.81. The van der Waals surface area contributed by atoms with Crippen molar-refractivity contribution in [1.82, 2.24) is 0 Å². The van der Waals surface area contributed by atoms with Crippen LogP contribution < -0.4 is 0 Å². The number of hydrogen-bond donors (Lipinski definition) is 0. The Labute approximate surface area is 139 Å². The fraction of sp³-hybridized carbons (Fsp3) is 0.600. The van der Waals surface area contributed by atoms with E-state index in [-0.39, 0.29) is 6.10 Å². The number of benzene rings is 1. The van der Waals surface area contributed by atoms with Crippen LogP contribution in [0.5, 0.6) is 0 Å². The summed E-state index contributed by atoms with van der Waals surface area (Å²) < 4.78 is 18.3. The lowest BCUT2D eigenvalue weighted by Gasteiger charge is -2.43. The van der Waals surface area contributed by atoms with Gasteiger partial charge in [0.05, 0.1) is 25.9 Å². The first-order chi connectivity index (χ1) is 11.2. The molecule has 126 valence electrons. The lowest BCUT2D eigenvalue weighted by Crippen LogP contribution is -2.47. The van der Waals surface area contributed by atoms with Gasteiger partial charge in [-0.15, -0.1) is 0 Å². The van der Waals surface area contributed by atoms with Gasteiger partial charge < -0.3 is 14.2 Å². The molecule has 0 unspecified atom stereocenters. The fourth-order valence-corrected chi connectivity index (χ4v) is 3.47. The molecule has 3 rings (SSSR count). The zero-order valence-corrected chi connectivity index (χ0v) is 14.2. The molecule has 2 heterocycles. The van der Waals surface area contributed by atoms with Gasteiger partial charge in [-0.05, 0) is 24.5 Å². The lowest BCUT2D eigenvalue weighted by atomic mass is 9.88. The fourth-order valence-electron chi connectivity index (χ4n) is 3.47. The Bertz CT molecular complexity index is 505. The summed E-state index contributed by atoms with van der Waals surface area (Å²) in [4.78, 5) is 0. The molecule has 3 heteroatoms. The molecular weight excluding hydrogens is 288 g/mol. The van der Waals surface area contributed by atoms with Gasteiger partial charge in [0.1, 0.15) is 0 Å². The number of hydrogen-bond acceptors (Lipinski definition) is 3. The molecule has 0 bridgehead atoms. The summed E-state index contributed by atoms with van der Waals surface area (Å²) in [5.74, 6) is 0.242. The Morgan fingerprint density at radius 1 is 1.26 bits per heavy atom. The summed E-state index contributed by atoms with van der Waals surface area (Å²) in [7, 11) is 0. The van der Waals surface area contributed by atoms with Crippen LogP contribution in [0.4, 0.5) is 0 Å². The van der Waals surface area contributed by atoms with Crippen molar-refractivity contribution in [2.45, 2.75) is 51.6 Å². The van der Waals surface area contributed by atoms with E-state index < -0.39 is 5.79 Å². The van der Waals surface area contributed by atoms with Crippen LogP contribution in [0.1, 0.15) is 38.7 Å². The van der Waals surface area contributed by atoms with Crippen LogP contribution in [0.2, 0.25) is 0 Å². The van der Waals surface area contributed by atoms with E-state index in [0.29, 0.717) is 25.0 Å². The number of rotatable bonds is 5. The van der Waals surface area contributed by atoms with Gasteiger partial charge in [-0.25, -0.2) is 0 Å². The summed E-state index contributed by atoms with van der Waals surface area (Å²) in [6.45, 7) is 6.58. The largest absolute Gasteiger partial charge is 0.376 e. The van der Waals surface area contributed by atoms with Gasteiger partial charge in [-0.1, -0.05) is 50.3 Å². The molecule has 0 radical (unpaired) electrons. The topological polar surface area (TPSA) is 27.7 Å². The average Bonchev–Trinajstić information content (AvgIpc) is 2.59. The van der Waals surface area contributed by atoms with Crippen molar-refractivity contribution in [2.24, 2.45) is 11.8 Å². The Hall–Kier alpha value is -1.16. The minimum absolute atomic E-state index is 0.147. The van der Waals surface area contributed by atoms with Crippen molar-refractivity contribution in [3.63, 3.8) is 0 Å². The van der Waals surface area contributed by atoms with Crippen LogP contribution >= 0.6 is 0 Å². The van der Waals surface area contributed by atoms with E-state index >= 15 is 0 Å². The molecule has 2 aliphatic heterocycles. The summed E-state index contributed by atoms with van der Waals surface area (Å²) in [6, 6.07) is 10.3. The van der Waals surface area contributed by atoms with E-state index in [2.05, 4.69) is 38.1 Å². The van der Waals surface area contributed by atoms with Crippen LogP contribution in [-0.2, 0) is 20.8 Å². The predicted octanol–water partition coefficient (Wildman–Crippen LogP) is 4.33. The third kappa shape index (κ3) is 4.23. The van der Waals surface area contributed by atoms with Crippen molar-refractivity contribution in [2.75, 3.05) is 13.2 Å². The van der Waals surface area contributed by atoms with Crippen LogP contribution in [-0.4, -0.2) is 25.1 Å². The Kier molecular flexibility index (Phi) is 5.52. The highest BCUT2D eigenvalue weighted by Gasteiger charge is 2.40. The SMILES string of the molecule is C[C@@H]1C=C[C@]2(CCCCO2)O[C@@H]1[C@@H](C)COCc1ccccc1. The van der Waals surface area contributed by atoms with Gasteiger partial charge in [-0.3, -0.25) is 0 Å². The van der Waals surface area contributed by atoms with Crippen molar-refractivity contribution < 1.29 is 14.2 Å². The van der Waals surface area contributed by atoms with E-state index in [0.717, 1.165) is 19.4 Å². The molecule has 1 spiro atoms. The Balaban J connectivity index is 1.53. The summed E-state index contributed by atoms with van der Waals surface area (Å²) in [6.07, 6.45) is 7.80. The molecule has 0 saturated carbocycles.